The molecule has 2 heterocycles. The second-order valence-corrected chi connectivity index (χ2v) is 9.66. The van der Waals surface area contributed by atoms with Crippen molar-refractivity contribution in [3.63, 3.8) is 0 Å². The Morgan fingerprint density at radius 2 is 2.08 bits per heavy atom. The Morgan fingerprint density at radius 1 is 1.30 bits per heavy atom. The van der Waals surface area contributed by atoms with Gasteiger partial charge in [0.15, 0.2) is 6.19 Å². The molecule has 2 aliphatic rings. The zero-order chi connectivity index (χ0) is 29.0. The van der Waals surface area contributed by atoms with Gasteiger partial charge in [-0.3, -0.25) is 10.1 Å². The number of guanidine groups is 1. The average molecular weight is 600 g/mol. The quantitative estimate of drug-likeness (QED) is 0.163. The number of carbonyl (C=O) groups is 1. The van der Waals surface area contributed by atoms with E-state index < -0.39 is 24.0 Å². The van der Waals surface area contributed by atoms with Gasteiger partial charge in [0.2, 0.25) is 11.9 Å². The summed E-state index contributed by atoms with van der Waals surface area (Å²) in [5, 5.41) is 21.3. The molecule has 2 aromatic rings. The van der Waals surface area contributed by atoms with Crippen molar-refractivity contribution >= 4 is 46.5 Å². The number of rotatable bonds is 6. The van der Waals surface area contributed by atoms with Gasteiger partial charge in [-0.1, -0.05) is 29.3 Å². The Morgan fingerprint density at radius 3 is 2.70 bits per heavy atom. The Labute approximate surface area is 237 Å². The van der Waals surface area contributed by atoms with Gasteiger partial charge in [0.25, 0.3) is 0 Å². The topological polar surface area (TPSA) is 105 Å². The lowest BCUT2D eigenvalue weighted by Crippen LogP contribution is -2.53. The summed E-state index contributed by atoms with van der Waals surface area (Å²) < 4.78 is 56.0. The molecule has 2 atom stereocenters. The fourth-order valence-electron chi connectivity index (χ4n) is 4.53. The molecule has 4 rings (SSSR count). The van der Waals surface area contributed by atoms with Crippen LogP contribution in [-0.2, 0) is 4.79 Å². The van der Waals surface area contributed by atoms with E-state index in [1.165, 1.54) is 5.01 Å². The molecule has 9 nitrogen and oxygen atoms in total. The van der Waals surface area contributed by atoms with Crippen molar-refractivity contribution in [3.8, 4) is 11.9 Å². The van der Waals surface area contributed by atoms with E-state index in [0.717, 1.165) is 25.1 Å². The van der Waals surface area contributed by atoms with Gasteiger partial charge in [-0.05, 0) is 44.5 Å². The van der Waals surface area contributed by atoms with Crippen LogP contribution < -0.4 is 15.4 Å². The highest BCUT2D eigenvalue weighted by atomic mass is 35.5. The number of nitrogens with one attached hydrogen (secondary N) is 2. The fourth-order valence-corrected chi connectivity index (χ4v) is 4.82. The minimum atomic E-state index is -5.05. The van der Waals surface area contributed by atoms with Gasteiger partial charge in [0.1, 0.15) is 11.6 Å². The predicted octanol–water partition coefficient (Wildman–Crippen LogP) is 4.78. The van der Waals surface area contributed by atoms with Crippen molar-refractivity contribution in [2.45, 2.75) is 38.2 Å². The molecule has 0 aromatic heterocycles. The molecule has 15 heteroatoms. The van der Waals surface area contributed by atoms with Crippen LogP contribution in [0.3, 0.4) is 0 Å². The lowest BCUT2D eigenvalue weighted by Gasteiger charge is -2.31. The van der Waals surface area contributed by atoms with Gasteiger partial charge in [0.05, 0.1) is 40.1 Å². The van der Waals surface area contributed by atoms with Crippen LogP contribution in [0.2, 0.25) is 10.0 Å². The molecule has 2 aliphatic heterocycles. The number of carbonyl (C=O) groups excluding carboxylic acids is 1. The van der Waals surface area contributed by atoms with Crippen molar-refractivity contribution < 1.29 is 27.1 Å². The van der Waals surface area contributed by atoms with Crippen molar-refractivity contribution in [2.24, 2.45) is 10.1 Å². The van der Waals surface area contributed by atoms with Gasteiger partial charge in [-0.15, -0.1) is 13.2 Å². The van der Waals surface area contributed by atoms with E-state index in [-0.39, 0.29) is 35.2 Å². The molecule has 2 N–H and O–H groups in total. The first kappa shape index (κ1) is 29.4. The number of amides is 1. The largest absolute Gasteiger partial charge is 0.573 e. The maximum absolute atomic E-state index is 14.1. The molecule has 0 aliphatic carbocycles. The van der Waals surface area contributed by atoms with Gasteiger partial charge in [-0.2, -0.15) is 10.4 Å². The van der Waals surface area contributed by atoms with Crippen molar-refractivity contribution in [2.75, 3.05) is 19.6 Å². The summed E-state index contributed by atoms with van der Waals surface area (Å²) in [5.41, 5.74) is 0.695. The highest BCUT2D eigenvalue weighted by Crippen LogP contribution is 2.30. The van der Waals surface area contributed by atoms with E-state index >= 15 is 0 Å². The van der Waals surface area contributed by atoms with Gasteiger partial charge >= 0.3 is 6.36 Å². The standard InChI is InChI=1S/C25H23Cl2F4N7O2/c1-2-37(23(39)20-4-3-7-33-20)21-12-38(36-22(21)14-5-6-18(26)19(27)8-14)24(34-13-32)35-16-9-15(28)10-17(11-16)40-25(29,30)31/h5-6,8-11,20-21,33H,2-4,7,12H2,1H3,(H,34,35)/t20-,21+/m1/s1. The second kappa shape index (κ2) is 12.3. The summed E-state index contributed by atoms with van der Waals surface area (Å²) in [7, 11) is 0. The summed E-state index contributed by atoms with van der Waals surface area (Å²) in [4.78, 5) is 19.2. The number of nitrogens with zero attached hydrogens (tertiary/aromatic N) is 5. The molecule has 2 aromatic carbocycles. The third kappa shape index (κ3) is 6.93. The molecule has 212 valence electrons. The van der Waals surface area contributed by atoms with Crippen LogP contribution in [0.15, 0.2) is 46.5 Å². The van der Waals surface area contributed by atoms with Gasteiger partial charge < -0.3 is 15.0 Å². The molecule has 0 bridgehead atoms. The minimum Gasteiger partial charge on any atom is -0.406 e. The van der Waals surface area contributed by atoms with Gasteiger partial charge in [-0.25, -0.2) is 14.4 Å². The maximum Gasteiger partial charge on any atom is 0.573 e. The van der Waals surface area contributed by atoms with Crippen LogP contribution >= 0.6 is 23.2 Å². The van der Waals surface area contributed by atoms with Gasteiger partial charge in [0, 0.05) is 24.2 Å². The van der Waals surface area contributed by atoms with Crippen LogP contribution in [-0.4, -0.2) is 65.6 Å². The summed E-state index contributed by atoms with van der Waals surface area (Å²) in [6.07, 6.45) is -1.81. The normalized spacial score (nSPS) is 19.3. The third-order valence-electron chi connectivity index (χ3n) is 6.20. The first-order chi connectivity index (χ1) is 19.0. The molecule has 0 spiro atoms. The van der Waals surface area contributed by atoms with Crippen molar-refractivity contribution in [3.05, 3.63) is 57.8 Å². The first-order valence-corrected chi connectivity index (χ1v) is 12.9. The number of aliphatic imine (C=N–C) groups is 1. The minimum absolute atomic E-state index is 0.0244. The molecule has 1 fully saturated rings. The van der Waals surface area contributed by atoms with Crippen LogP contribution in [0.5, 0.6) is 5.75 Å². The van der Waals surface area contributed by atoms with Crippen molar-refractivity contribution in [1.82, 2.24) is 20.5 Å². The fraction of sp³-hybridized carbons (Fsp3) is 0.360. The Bertz CT molecular complexity index is 1370. The highest BCUT2D eigenvalue weighted by Gasteiger charge is 2.39. The Kier molecular flexibility index (Phi) is 9.02. The predicted molar refractivity (Wildman–Crippen MR) is 141 cm³/mol. The zero-order valence-electron chi connectivity index (χ0n) is 21.0. The van der Waals surface area contributed by atoms with Crippen LogP contribution in [0.25, 0.3) is 0 Å². The molecule has 1 saturated heterocycles. The van der Waals surface area contributed by atoms with Crippen LogP contribution in [0, 0.1) is 17.3 Å². The number of ether oxygens (including phenoxy) is 1. The average Bonchev–Trinajstić information content (AvgIpc) is 3.55. The number of hydrogen-bond acceptors (Lipinski definition) is 6. The molecule has 1 amide bonds. The van der Waals surface area contributed by atoms with Crippen LogP contribution in [0.4, 0.5) is 23.2 Å². The third-order valence-corrected chi connectivity index (χ3v) is 6.94. The Hall–Kier alpha value is -3.60. The molecule has 40 heavy (non-hydrogen) atoms. The Balaban J connectivity index is 1.75. The van der Waals surface area contributed by atoms with Crippen molar-refractivity contribution in [1.29, 1.82) is 5.26 Å². The molecule has 0 radical (unpaired) electrons. The highest BCUT2D eigenvalue weighted by molar-refractivity contribution is 6.42. The SMILES string of the molecule is CCN(C(=O)[C@H]1CCCN1)[C@H]1CN(C(=Nc2cc(F)cc(OC(F)(F)F)c2)NC#N)N=C1c1ccc(Cl)c(Cl)c1. The first-order valence-electron chi connectivity index (χ1n) is 12.1. The monoisotopic (exact) mass is 599 g/mol. The second-order valence-electron chi connectivity index (χ2n) is 8.85. The van der Waals surface area contributed by atoms with Crippen LogP contribution in [0.1, 0.15) is 25.3 Å². The number of alkyl halides is 3. The summed E-state index contributed by atoms with van der Waals surface area (Å²) in [5.74, 6) is -2.21. The number of halogens is 6. The van der Waals surface area contributed by atoms with E-state index in [1.54, 1.807) is 29.3 Å². The lowest BCUT2D eigenvalue weighted by atomic mass is 10.0. The number of hydrazone groups is 1. The molecular formula is C25H23Cl2F4N7O2. The molecular weight excluding hydrogens is 577 g/mol. The smallest absolute Gasteiger partial charge is 0.406 e. The zero-order valence-corrected chi connectivity index (χ0v) is 22.5. The van der Waals surface area contributed by atoms with E-state index in [9.17, 15) is 27.6 Å². The maximum atomic E-state index is 14.1. The molecule has 0 saturated carbocycles. The summed E-state index contributed by atoms with van der Waals surface area (Å²) in [6, 6.07) is 6.14. The number of hydrogen-bond donors (Lipinski definition) is 2. The van der Waals surface area contributed by atoms with E-state index in [1.807, 2.05) is 6.92 Å². The van der Waals surface area contributed by atoms with E-state index in [0.29, 0.717) is 35.3 Å². The number of benzene rings is 2. The van der Waals surface area contributed by atoms with E-state index in [4.69, 9.17) is 23.2 Å². The van der Waals surface area contributed by atoms with E-state index in [2.05, 4.69) is 25.5 Å². The summed E-state index contributed by atoms with van der Waals surface area (Å²) >= 11 is 12.3. The number of nitriles is 1. The molecule has 0 unspecified atom stereocenters. The summed E-state index contributed by atoms with van der Waals surface area (Å²) in [6.45, 7) is 2.89. The lowest BCUT2D eigenvalue weighted by molar-refractivity contribution is -0.274. The number of likely N-dealkylation sites (N-methyl/N-ethyl adjacent to an activating group) is 1.